The Balaban J connectivity index is 1.79. The number of hydrogen-bond acceptors (Lipinski definition) is 2. The summed E-state index contributed by atoms with van der Waals surface area (Å²) in [7, 11) is 1.65. The largest absolute Gasteiger partial charge is 0.497 e. The van der Waals surface area contributed by atoms with E-state index < -0.39 is 0 Å². The molecule has 2 aromatic carbocycles. The van der Waals surface area contributed by atoms with Gasteiger partial charge in [-0.1, -0.05) is 28.1 Å². The van der Waals surface area contributed by atoms with Crippen molar-refractivity contribution in [2.45, 2.75) is 13.0 Å². The average molecular weight is 375 g/mol. The van der Waals surface area contributed by atoms with Crippen molar-refractivity contribution in [3.63, 3.8) is 0 Å². The van der Waals surface area contributed by atoms with Crippen LogP contribution in [0.3, 0.4) is 0 Å². The molecule has 1 aliphatic heterocycles. The molecule has 1 unspecified atom stereocenters. The zero-order chi connectivity index (χ0) is 16.4. The summed E-state index contributed by atoms with van der Waals surface area (Å²) in [5.41, 5.74) is 2.01. The van der Waals surface area contributed by atoms with Crippen LogP contribution < -0.4 is 9.64 Å². The zero-order valence-electron chi connectivity index (χ0n) is 13.2. The molecule has 4 nitrogen and oxygen atoms in total. The normalized spacial score (nSPS) is 15.9. The van der Waals surface area contributed by atoms with E-state index in [0.717, 1.165) is 21.5 Å². The standard InChI is InChI=1S/C18H19BrN2O2/c1-13(14-4-3-5-17(12-14)23-2)20-10-11-21(18(20)22)16-8-6-15(19)7-9-16/h3-9,12-13H,10-11H2,1-2H3. The summed E-state index contributed by atoms with van der Waals surface area (Å²) >= 11 is 3.42. The Hall–Kier alpha value is -2.01. The molecule has 1 saturated heterocycles. The number of rotatable bonds is 4. The summed E-state index contributed by atoms with van der Waals surface area (Å²) in [5.74, 6) is 0.811. The lowest BCUT2D eigenvalue weighted by atomic mass is 10.1. The SMILES string of the molecule is COc1cccc(C(C)N2CCN(c3ccc(Br)cc3)C2=O)c1. The Morgan fingerprint density at radius 2 is 1.87 bits per heavy atom. The third-order valence-electron chi connectivity index (χ3n) is 4.22. The number of hydrogen-bond donors (Lipinski definition) is 0. The van der Waals surface area contributed by atoms with Crippen LogP contribution in [0.25, 0.3) is 0 Å². The molecule has 5 heteroatoms. The fraction of sp³-hybridized carbons (Fsp3) is 0.278. The molecule has 0 aliphatic carbocycles. The van der Waals surface area contributed by atoms with Gasteiger partial charge in [0, 0.05) is 23.2 Å². The zero-order valence-corrected chi connectivity index (χ0v) is 14.8. The topological polar surface area (TPSA) is 32.8 Å². The number of anilines is 1. The van der Waals surface area contributed by atoms with Gasteiger partial charge in [0.2, 0.25) is 0 Å². The second kappa shape index (κ2) is 6.62. The van der Waals surface area contributed by atoms with Gasteiger partial charge < -0.3 is 9.64 Å². The minimum Gasteiger partial charge on any atom is -0.497 e. The van der Waals surface area contributed by atoms with Gasteiger partial charge in [-0.3, -0.25) is 4.90 Å². The molecule has 0 radical (unpaired) electrons. The molecule has 0 N–H and O–H groups in total. The average Bonchev–Trinajstić information content (AvgIpc) is 2.96. The summed E-state index contributed by atoms with van der Waals surface area (Å²) in [4.78, 5) is 16.5. The minimum atomic E-state index is 0.0121. The Labute approximate surface area is 144 Å². The molecule has 1 atom stereocenters. The monoisotopic (exact) mass is 374 g/mol. The predicted molar refractivity (Wildman–Crippen MR) is 95.0 cm³/mol. The maximum Gasteiger partial charge on any atom is 0.325 e. The summed E-state index contributed by atoms with van der Waals surface area (Å²) in [6, 6.07) is 15.8. The molecular formula is C18H19BrN2O2. The van der Waals surface area contributed by atoms with Crippen LogP contribution in [0.15, 0.2) is 53.0 Å². The van der Waals surface area contributed by atoms with E-state index >= 15 is 0 Å². The van der Waals surface area contributed by atoms with Gasteiger partial charge >= 0.3 is 6.03 Å². The number of carbonyl (C=O) groups excluding carboxylic acids is 1. The lowest BCUT2D eigenvalue weighted by Gasteiger charge is -2.25. The Bertz CT molecular complexity index is 702. The molecular weight excluding hydrogens is 356 g/mol. The predicted octanol–water partition coefficient (Wildman–Crippen LogP) is 4.46. The highest BCUT2D eigenvalue weighted by Gasteiger charge is 2.33. The second-order valence-electron chi connectivity index (χ2n) is 5.56. The maximum atomic E-state index is 12.8. The van der Waals surface area contributed by atoms with Crippen molar-refractivity contribution >= 4 is 27.6 Å². The number of nitrogens with zero attached hydrogens (tertiary/aromatic N) is 2. The molecule has 0 saturated carbocycles. The van der Waals surface area contributed by atoms with E-state index in [9.17, 15) is 4.79 Å². The molecule has 23 heavy (non-hydrogen) atoms. The Morgan fingerprint density at radius 3 is 2.57 bits per heavy atom. The molecule has 120 valence electrons. The molecule has 1 fully saturated rings. The Morgan fingerprint density at radius 1 is 1.13 bits per heavy atom. The summed E-state index contributed by atoms with van der Waals surface area (Å²) in [6.07, 6.45) is 0. The van der Waals surface area contributed by atoms with Gasteiger partial charge in [-0.15, -0.1) is 0 Å². The summed E-state index contributed by atoms with van der Waals surface area (Å²) in [6.45, 7) is 3.47. The first-order chi connectivity index (χ1) is 11.1. The number of halogens is 1. The van der Waals surface area contributed by atoms with Crippen LogP contribution in [0.4, 0.5) is 10.5 Å². The van der Waals surface area contributed by atoms with E-state index in [1.807, 2.05) is 58.3 Å². The number of ether oxygens (including phenoxy) is 1. The van der Waals surface area contributed by atoms with E-state index in [2.05, 4.69) is 22.9 Å². The number of methoxy groups -OCH3 is 1. The van der Waals surface area contributed by atoms with Crippen molar-refractivity contribution in [2.75, 3.05) is 25.1 Å². The Kier molecular flexibility index (Phi) is 4.57. The van der Waals surface area contributed by atoms with Crippen molar-refractivity contribution in [1.82, 2.24) is 4.90 Å². The minimum absolute atomic E-state index is 0.0121. The fourth-order valence-corrected chi connectivity index (χ4v) is 3.12. The summed E-state index contributed by atoms with van der Waals surface area (Å²) < 4.78 is 6.29. The number of benzene rings is 2. The van der Waals surface area contributed by atoms with Gasteiger partial charge in [0.1, 0.15) is 5.75 Å². The van der Waals surface area contributed by atoms with Crippen molar-refractivity contribution in [3.8, 4) is 5.75 Å². The number of amides is 2. The van der Waals surface area contributed by atoms with Gasteiger partial charge in [0.05, 0.1) is 13.2 Å². The van der Waals surface area contributed by atoms with Gasteiger partial charge in [-0.2, -0.15) is 0 Å². The molecule has 0 aromatic heterocycles. The molecule has 0 spiro atoms. The third kappa shape index (κ3) is 3.20. The first-order valence-electron chi connectivity index (χ1n) is 7.58. The van der Waals surface area contributed by atoms with E-state index in [1.54, 1.807) is 7.11 Å². The number of carbonyl (C=O) groups is 1. The summed E-state index contributed by atoms with van der Waals surface area (Å²) in [5, 5.41) is 0. The molecule has 1 aliphatic rings. The van der Waals surface area contributed by atoms with E-state index in [4.69, 9.17) is 4.74 Å². The van der Waals surface area contributed by atoms with Crippen LogP contribution in [0.5, 0.6) is 5.75 Å². The van der Waals surface area contributed by atoms with Gasteiger partial charge in [-0.05, 0) is 48.9 Å². The first kappa shape index (κ1) is 15.9. The van der Waals surface area contributed by atoms with Crippen LogP contribution >= 0.6 is 15.9 Å². The number of urea groups is 1. The van der Waals surface area contributed by atoms with Crippen LogP contribution in [-0.2, 0) is 0 Å². The fourth-order valence-electron chi connectivity index (χ4n) is 2.86. The maximum absolute atomic E-state index is 12.8. The van der Waals surface area contributed by atoms with E-state index in [-0.39, 0.29) is 12.1 Å². The molecule has 2 aromatic rings. The van der Waals surface area contributed by atoms with Crippen molar-refractivity contribution in [2.24, 2.45) is 0 Å². The molecule has 3 rings (SSSR count). The smallest absolute Gasteiger partial charge is 0.325 e. The lowest BCUT2D eigenvalue weighted by Crippen LogP contribution is -2.33. The van der Waals surface area contributed by atoms with Gasteiger partial charge in [0.25, 0.3) is 0 Å². The van der Waals surface area contributed by atoms with E-state index in [1.165, 1.54) is 0 Å². The highest BCUT2D eigenvalue weighted by atomic mass is 79.9. The van der Waals surface area contributed by atoms with Crippen molar-refractivity contribution < 1.29 is 9.53 Å². The second-order valence-corrected chi connectivity index (χ2v) is 6.47. The molecule has 0 bridgehead atoms. The van der Waals surface area contributed by atoms with Crippen LogP contribution in [0.1, 0.15) is 18.5 Å². The van der Waals surface area contributed by atoms with Gasteiger partial charge in [0.15, 0.2) is 0 Å². The highest BCUT2D eigenvalue weighted by Crippen LogP contribution is 2.30. The highest BCUT2D eigenvalue weighted by molar-refractivity contribution is 9.10. The quantitative estimate of drug-likeness (QED) is 0.791. The molecule has 1 heterocycles. The van der Waals surface area contributed by atoms with Crippen molar-refractivity contribution in [1.29, 1.82) is 0 Å². The van der Waals surface area contributed by atoms with Crippen LogP contribution in [0, 0.1) is 0 Å². The lowest BCUT2D eigenvalue weighted by molar-refractivity contribution is 0.205. The molecule has 2 amide bonds. The third-order valence-corrected chi connectivity index (χ3v) is 4.75. The van der Waals surface area contributed by atoms with Crippen molar-refractivity contribution in [3.05, 3.63) is 58.6 Å². The first-order valence-corrected chi connectivity index (χ1v) is 8.37. The van der Waals surface area contributed by atoms with Crippen LogP contribution in [0.2, 0.25) is 0 Å². The van der Waals surface area contributed by atoms with Crippen LogP contribution in [-0.4, -0.2) is 31.1 Å². The van der Waals surface area contributed by atoms with Gasteiger partial charge in [-0.25, -0.2) is 4.79 Å². The van der Waals surface area contributed by atoms with E-state index in [0.29, 0.717) is 13.1 Å².